The molecular formula is C23H29BrN2O3. The first kappa shape index (κ1) is 22.9. The number of hydrogen-bond acceptors (Lipinski definition) is 3. The molecule has 2 amide bonds. The van der Waals surface area contributed by atoms with E-state index in [9.17, 15) is 9.59 Å². The molecule has 0 bridgehead atoms. The zero-order valence-electron chi connectivity index (χ0n) is 17.2. The van der Waals surface area contributed by atoms with Gasteiger partial charge in [-0.1, -0.05) is 60.1 Å². The van der Waals surface area contributed by atoms with Gasteiger partial charge in [-0.05, 0) is 49.1 Å². The molecule has 0 aliphatic carbocycles. The van der Waals surface area contributed by atoms with Crippen molar-refractivity contribution in [2.45, 2.75) is 33.2 Å². The molecule has 0 spiro atoms. The summed E-state index contributed by atoms with van der Waals surface area (Å²) >= 11 is 3.38. The highest BCUT2D eigenvalue weighted by molar-refractivity contribution is 9.10. The molecule has 0 unspecified atom stereocenters. The van der Waals surface area contributed by atoms with Crippen molar-refractivity contribution in [3.63, 3.8) is 0 Å². The summed E-state index contributed by atoms with van der Waals surface area (Å²) in [5, 5.41) is 2.92. The van der Waals surface area contributed by atoms with Gasteiger partial charge in [0.05, 0.1) is 0 Å². The summed E-state index contributed by atoms with van der Waals surface area (Å²) in [6.45, 7) is 6.75. The van der Waals surface area contributed by atoms with Crippen LogP contribution in [0.5, 0.6) is 5.75 Å². The van der Waals surface area contributed by atoms with E-state index in [0.29, 0.717) is 31.2 Å². The third kappa shape index (κ3) is 7.89. The minimum Gasteiger partial charge on any atom is -0.484 e. The standard InChI is InChI=1S/C23H29BrN2O3/c1-17(2)15-25-23(28)18(3)26(14-13-19-7-5-4-6-8-19)22(27)16-29-21-11-9-20(24)10-12-21/h4-12,17-18H,13-16H2,1-3H3,(H,25,28)/t18-/m1/s1. The smallest absolute Gasteiger partial charge is 0.261 e. The average Bonchev–Trinajstić information content (AvgIpc) is 2.72. The SMILES string of the molecule is CC(C)CNC(=O)[C@@H](C)N(CCc1ccccc1)C(=O)COc1ccc(Br)cc1. The zero-order valence-corrected chi connectivity index (χ0v) is 18.8. The molecule has 2 aromatic rings. The zero-order chi connectivity index (χ0) is 21.2. The van der Waals surface area contributed by atoms with Gasteiger partial charge in [0.1, 0.15) is 11.8 Å². The Hall–Kier alpha value is -2.34. The summed E-state index contributed by atoms with van der Waals surface area (Å²) in [6, 6.07) is 16.7. The second kappa shape index (κ2) is 11.6. The Bertz CT molecular complexity index is 778. The molecule has 0 aromatic heterocycles. The van der Waals surface area contributed by atoms with Crippen LogP contribution in [-0.4, -0.2) is 42.5 Å². The highest BCUT2D eigenvalue weighted by Crippen LogP contribution is 2.16. The van der Waals surface area contributed by atoms with Crippen molar-refractivity contribution in [1.82, 2.24) is 10.2 Å². The van der Waals surface area contributed by atoms with Crippen LogP contribution in [0.2, 0.25) is 0 Å². The van der Waals surface area contributed by atoms with Gasteiger partial charge in [0.15, 0.2) is 6.61 Å². The number of nitrogens with zero attached hydrogens (tertiary/aromatic N) is 1. The lowest BCUT2D eigenvalue weighted by Gasteiger charge is -2.29. The molecule has 0 fully saturated rings. The Morgan fingerprint density at radius 2 is 1.69 bits per heavy atom. The molecule has 6 heteroatoms. The normalized spacial score (nSPS) is 11.8. The lowest BCUT2D eigenvalue weighted by Crippen LogP contribution is -2.50. The molecule has 0 saturated heterocycles. The highest BCUT2D eigenvalue weighted by Gasteiger charge is 2.26. The average molecular weight is 461 g/mol. The van der Waals surface area contributed by atoms with E-state index in [1.54, 1.807) is 24.0 Å². The van der Waals surface area contributed by atoms with Crippen LogP contribution in [0.3, 0.4) is 0 Å². The van der Waals surface area contributed by atoms with Crippen molar-refractivity contribution >= 4 is 27.7 Å². The first-order valence-electron chi connectivity index (χ1n) is 9.86. The second-order valence-electron chi connectivity index (χ2n) is 7.38. The maximum Gasteiger partial charge on any atom is 0.261 e. The van der Waals surface area contributed by atoms with Gasteiger partial charge in [-0.25, -0.2) is 0 Å². The van der Waals surface area contributed by atoms with Crippen molar-refractivity contribution in [3.8, 4) is 5.75 Å². The van der Waals surface area contributed by atoms with Crippen LogP contribution in [0.15, 0.2) is 59.1 Å². The molecular weight excluding hydrogens is 432 g/mol. The van der Waals surface area contributed by atoms with Gasteiger partial charge in [0.25, 0.3) is 5.91 Å². The third-order valence-electron chi connectivity index (χ3n) is 4.51. The minimum atomic E-state index is -0.571. The Balaban J connectivity index is 2.03. The number of nitrogens with one attached hydrogen (secondary N) is 1. The largest absolute Gasteiger partial charge is 0.484 e. The van der Waals surface area contributed by atoms with Crippen molar-refractivity contribution in [1.29, 1.82) is 0 Å². The van der Waals surface area contributed by atoms with Crippen LogP contribution in [0.4, 0.5) is 0 Å². The number of rotatable bonds is 10. The predicted molar refractivity (Wildman–Crippen MR) is 119 cm³/mol. The number of hydrogen-bond donors (Lipinski definition) is 1. The van der Waals surface area contributed by atoms with Crippen LogP contribution >= 0.6 is 15.9 Å². The van der Waals surface area contributed by atoms with Gasteiger partial charge in [-0.2, -0.15) is 0 Å². The Morgan fingerprint density at radius 3 is 2.31 bits per heavy atom. The van der Waals surface area contributed by atoms with E-state index in [0.717, 1.165) is 10.0 Å². The number of benzene rings is 2. The fourth-order valence-corrected chi connectivity index (χ4v) is 3.05. The van der Waals surface area contributed by atoms with E-state index in [2.05, 4.69) is 21.2 Å². The number of halogens is 1. The number of carbonyl (C=O) groups is 2. The molecule has 0 saturated carbocycles. The lowest BCUT2D eigenvalue weighted by molar-refractivity contribution is -0.141. The van der Waals surface area contributed by atoms with E-state index in [4.69, 9.17) is 4.74 Å². The second-order valence-corrected chi connectivity index (χ2v) is 8.30. The maximum atomic E-state index is 12.9. The van der Waals surface area contributed by atoms with E-state index in [1.807, 2.05) is 56.3 Å². The van der Waals surface area contributed by atoms with Crippen LogP contribution in [0.25, 0.3) is 0 Å². The van der Waals surface area contributed by atoms with Crippen molar-refractivity contribution in [2.75, 3.05) is 19.7 Å². The monoisotopic (exact) mass is 460 g/mol. The summed E-state index contributed by atoms with van der Waals surface area (Å²) in [7, 11) is 0. The van der Waals surface area contributed by atoms with Crippen LogP contribution in [0.1, 0.15) is 26.3 Å². The van der Waals surface area contributed by atoms with Gasteiger partial charge in [0.2, 0.25) is 5.91 Å². The molecule has 1 atom stereocenters. The summed E-state index contributed by atoms with van der Waals surface area (Å²) in [4.78, 5) is 27.1. The molecule has 5 nitrogen and oxygen atoms in total. The first-order chi connectivity index (χ1) is 13.9. The van der Waals surface area contributed by atoms with E-state index >= 15 is 0 Å². The third-order valence-corrected chi connectivity index (χ3v) is 5.04. The van der Waals surface area contributed by atoms with Crippen molar-refractivity contribution in [2.24, 2.45) is 5.92 Å². The number of carbonyl (C=O) groups excluding carboxylic acids is 2. The van der Waals surface area contributed by atoms with Crippen LogP contribution < -0.4 is 10.1 Å². The summed E-state index contributed by atoms with van der Waals surface area (Å²) in [5.74, 6) is 0.599. The number of ether oxygens (including phenoxy) is 1. The fourth-order valence-electron chi connectivity index (χ4n) is 2.78. The fraction of sp³-hybridized carbons (Fsp3) is 0.391. The summed E-state index contributed by atoms with van der Waals surface area (Å²) < 4.78 is 6.58. The number of amides is 2. The van der Waals surface area contributed by atoms with Crippen molar-refractivity contribution in [3.05, 3.63) is 64.6 Å². The predicted octanol–water partition coefficient (Wildman–Crippen LogP) is 4.06. The first-order valence-corrected chi connectivity index (χ1v) is 10.7. The van der Waals surface area contributed by atoms with Gasteiger partial charge < -0.3 is 15.0 Å². The van der Waals surface area contributed by atoms with Crippen LogP contribution in [0, 0.1) is 5.92 Å². The van der Waals surface area contributed by atoms with Gasteiger partial charge in [-0.3, -0.25) is 9.59 Å². The van der Waals surface area contributed by atoms with E-state index in [1.165, 1.54) is 0 Å². The highest BCUT2D eigenvalue weighted by atomic mass is 79.9. The van der Waals surface area contributed by atoms with Crippen LogP contribution in [-0.2, 0) is 16.0 Å². The van der Waals surface area contributed by atoms with Crippen molar-refractivity contribution < 1.29 is 14.3 Å². The van der Waals surface area contributed by atoms with Gasteiger partial charge >= 0.3 is 0 Å². The molecule has 156 valence electrons. The van der Waals surface area contributed by atoms with Gasteiger partial charge in [-0.15, -0.1) is 0 Å². The molecule has 0 heterocycles. The molecule has 1 N–H and O–H groups in total. The Labute approximate surface area is 181 Å². The maximum absolute atomic E-state index is 12.9. The molecule has 29 heavy (non-hydrogen) atoms. The van der Waals surface area contributed by atoms with E-state index in [-0.39, 0.29) is 18.4 Å². The Kier molecular flexibility index (Phi) is 9.19. The van der Waals surface area contributed by atoms with E-state index < -0.39 is 6.04 Å². The quantitative estimate of drug-likeness (QED) is 0.581. The Morgan fingerprint density at radius 1 is 1.03 bits per heavy atom. The molecule has 0 aliphatic heterocycles. The minimum absolute atomic E-state index is 0.113. The molecule has 0 aliphatic rings. The topological polar surface area (TPSA) is 58.6 Å². The molecule has 2 aromatic carbocycles. The summed E-state index contributed by atoms with van der Waals surface area (Å²) in [6.07, 6.45) is 0.673. The van der Waals surface area contributed by atoms with Gasteiger partial charge in [0, 0.05) is 17.6 Å². The molecule has 2 rings (SSSR count). The molecule has 0 radical (unpaired) electrons. The summed E-state index contributed by atoms with van der Waals surface area (Å²) in [5.41, 5.74) is 1.12. The lowest BCUT2D eigenvalue weighted by atomic mass is 10.1.